The third-order valence-electron chi connectivity index (χ3n) is 12.4. The van der Waals surface area contributed by atoms with Crippen LogP contribution in [0.15, 0.2) is 134 Å². The second-order valence-corrected chi connectivity index (χ2v) is 19.5. The third kappa shape index (κ3) is 58.4. The molecule has 0 amide bonds. The van der Waals surface area contributed by atoms with E-state index in [1.807, 2.05) is 12.2 Å². The minimum Gasteiger partial charge on any atom is -0.462 e. The smallest absolute Gasteiger partial charge is 0.306 e. The summed E-state index contributed by atoms with van der Waals surface area (Å²) in [7, 11) is 0. The van der Waals surface area contributed by atoms with Crippen molar-refractivity contribution in [3.63, 3.8) is 0 Å². The van der Waals surface area contributed by atoms with Crippen LogP contribution in [0.2, 0.25) is 0 Å². The molecule has 0 fully saturated rings. The summed E-state index contributed by atoms with van der Waals surface area (Å²) >= 11 is 0. The number of unbranched alkanes of at least 4 members (excludes halogenated alkanes) is 20. The topological polar surface area (TPSA) is 78.9 Å². The molecule has 0 saturated carbocycles. The summed E-state index contributed by atoms with van der Waals surface area (Å²) < 4.78 is 16.8. The van der Waals surface area contributed by atoms with Crippen molar-refractivity contribution >= 4 is 17.9 Å². The first-order chi connectivity index (χ1) is 36.5. The third-order valence-corrected chi connectivity index (χ3v) is 12.4. The first-order valence-corrected chi connectivity index (χ1v) is 30.2. The Labute approximate surface area is 455 Å². The summed E-state index contributed by atoms with van der Waals surface area (Å²) in [6.45, 7) is 6.33. The van der Waals surface area contributed by atoms with Crippen molar-refractivity contribution in [3.05, 3.63) is 134 Å². The van der Waals surface area contributed by atoms with Crippen molar-refractivity contribution in [2.45, 2.75) is 264 Å². The highest BCUT2D eigenvalue weighted by Crippen LogP contribution is 2.15. The van der Waals surface area contributed by atoms with E-state index in [0.29, 0.717) is 19.3 Å². The molecule has 418 valence electrons. The fraction of sp³-hybridized carbons (Fsp3) is 0.632. The number of ether oxygens (including phenoxy) is 3. The zero-order valence-electron chi connectivity index (χ0n) is 47.8. The van der Waals surface area contributed by atoms with Crippen molar-refractivity contribution in [2.75, 3.05) is 13.2 Å². The standard InChI is InChI=1S/C68H110O6/c1-4-7-10-13-16-19-22-25-26-27-28-29-30-31-32-33-34-35-36-37-38-39-40-41-42-44-46-49-52-55-58-61-67(70)73-64-65(63-72-66(69)60-57-54-51-48-45-24-21-18-15-12-9-6-3)74-68(71)62-59-56-53-50-47-43-23-20-17-14-11-8-5-2/h7-8,10-11,16-17,19-20,25-26,28-29,31-32,34-35,37-38,43,47,53,56,65H,4-6,9,12-15,18,21-24,27,30,33,36,39-42,44-46,48-52,54-55,57-64H2,1-3H3/b10-7-,11-8-,19-16-,20-17-,26-25-,29-28-,32-31-,35-34-,38-37-,47-43-,56-53-. The SMILES string of the molecule is CC/C=C\C/C=C\C/C=C\C/C=C\C/C=C\C/C=C\C/C=C\CCCCCCCCCCCC(=O)OCC(COC(=O)CCCCCCCCCCCCCC)OC(=O)CC/C=C\C/C=C\C/C=C\C/C=C\CC. The Morgan fingerprint density at radius 3 is 0.878 bits per heavy atom. The Bertz CT molecular complexity index is 1600. The molecule has 6 heteroatoms. The molecule has 0 aliphatic rings. The van der Waals surface area contributed by atoms with Crippen LogP contribution in [0.5, 0.6) is 0 Å². The molecular weight excluding hydrogens is 913 g/mol. The number of carbonyl (C=O) groups is 3. The monoisotopic (exact) mass is 1020 g/mol. The van der Waals surface area contributed by atoms with Crippen LogP contribution in [0, 0.1) is 0 Å². The average Bonchev–Trinajstić information content (AvgIpc) is 3.40. The molecule has 0 N–H and O–H groups in total. The Morgan fingerprint density at radius 2 is 0.554 bits per heavy atom. The van der Waals surface area contributed by atoms with Gasteiger partial charge >= 0.3 is 17.9 Å². The number of esters is 3. The normalized spacial score (nSPS) is 13.1. The molecule has 6 nitrogen and oxygen atoms in total. The number of hydrogen-bond donors (Lipinski definition) is 0. The molecule has 74 heavy (non-hydrogen) atoms. The van der Waals surface area contributed by atoms with Gasteiger partial charge in [0.25, 0.3) is 0 Å². The van der Waals surface area contributed by atoms with E-state index in [4.69, 9.17) is 14.2 Å². The maximum atomic E-state index is 12.8. The summed E-state index contributed by atoms with van der Waals surface area (Å²) in [5.41, 5.74) is 0. The zero-order chi connectivity index (χ0) is 53.6. The lowest BCUT2D eigenvalue weighted by molar-refractivity contribution is -0.166. The molecule has 0 aromatic carbocycles. The largest absolute Gasteiger partial charge is 0.462 e. The van der Waals surface area contributed by atoms with Gasteiger partial charge in [-0.25, -0.2) is 0 Å². The van der Waals surface area contributed by atoms with Crippen molar-refractivity contribution in [3.8, 4) is 0 Å². The molecule has 0 heterocycles. The van der Waals surface area contributed by atoms with E-state index in [2.05, 4.69) is 142 Å². The molecule has 1 atom stereocenters. The molecule has 0 aromatic rings. The van der Waals surface area contributed by atoms with Gasteiger partial charge in [0.05, 0.1) is 0 Å². The fourth-order valence-corrected chi connectivity index (χ4v) is 7.97. The highest BCUT2D eigenvalue weighted by Gasteiger charge is 2.19. The molecule has 0 aromatic heterocycles. The number of rotatable bonds is 53. The average molecular weight is 1020 g/mol. The molecule has 0 rings (SSSR count). The van der Waals surface area contributed by atoms with Gasteiger partial charge in [0.1, 0.15) is 13.2 Å². The quantitative estimate of drug-likeness (QED) is 0.0261. The molecule has 0 radical (unpaired) electrons. The van der Waals surface area contributed by atoms with Crippen molar-refractivity contribution in [1.82, 2.24) is 0 Å². The van der Waals surface area contributed by atoms with Gasteiger partial charge in [0, 0.05) is 19.3 Å². The van der Waals surface area contributed by atoms with Crippen LogP contribution in [0.3, 0.4) is 0 Å². The van der Waals surface area contributed by atoms with Crippen molar-refractivity contribution < 1.29 is 28.6 Å². The van der Waals surface area contributed by atoms with E-state index < -0.39 is 12.1 Å². The van der Waals surface area contributed by atoms with Crippen molar-refractivity contribution in [2.24, 2.45) is 0 Å². The van der Waals surface area contributed by atoms with Gasteiger partial charge in [0.2, 0.25) is 0 Å². The second kappa shape index (κ2) is 61.1. The lowest BCUT2D eigenvalue weighted by Gasteiger charge is -2.18. The number of hydrogen-bond acceptors (Lipinski definition) is 6. The summed E-state index contributed by atoms with van der Waals surface area (Å²) in [5, 5.41) is 0. The molecule has 0 saturated heterocycles. The van der Waals surface area contributed by atoms with Gasteiger partial charge < -0.3 is 14.2 Å². The first kappa shape index (κ1) is 69.5. The minimum atomic E-state index is -0.820. The van der Waals surface area contributed by atoms with E-state index in [-0.39, 0.29) is 31.6 Å². The zero-order valence-corrected chi connectivity index (χ0v) is 47.8. The van der Waals surface area contributed by atoms with Gasteiger partial charge in [-0.05, 0) is 103 Å². The van der Waals surface area contributed by atoms with Crippen molar-refractivity contribution in [1.29, 1.82) is 0 Å². The highest BCUT2D eigenvalue weighted by atomic mass is 16.6. The Balaban J connectivity index is 4.28. The van der Waals surface area contributed by atoms with Crippen LogP contribution in [-0.2, 0) is 28.6 Å². The summed E-state index contributed by atoms with van der Waals surface area (Å²) in [4.78, 5) is 38.1. The van der Waals surface area contributed by atoms with Gasteiger partial charge in [-0.2, -0.15) is 0 Å². The molecule has 0 bridgehead atoms. The minimum absolute atomic E-state index is 0.109. The van der Waals surface area contributed by atoms with E-state index >= 15 is 0 Å². The van der Waals surface area contributed by atoms with E-state index in [1.165, 1.54) is 96.3 Å². The first-order valence-electron chi connectivity index (χ1n) is 30.2. The lowest BCUT2D eigenvalue weighted by atomic mass is 10.0. The molecular formula is C68H110O6. The van der Waals surface area contributed by atoms with Crippen LogP contribution in [-0.4, -0.2) is 37.2 Å². The van der Waals surface area contributed by atoms with Gasteiger partial charge in [-0.1, -0.05) is 270 Å². The van der Waals surface area contributed by atoms with Crippen LogP contribution in [0.25, 0.3) is 0 Å². The van der Waals surface area contributed by atoms with Crippen LogP contribution < -0.4 is 0 Å². The maximum Gasteiger partial charge on any atom is 0.306 e. The highest BCUT2D eigenvalue weighted by molar-refractivity contribution is 5.71. The maximum absolute atomic E-state index is 12.8. The number of allylic oxidation sites excluding steroid dienone is 22. The summed E-state index contributed by atoms with van der Waals surface area (Å²) in [5.74, 6) is -1.00. The van der Waals surface area contributed by atoms with E-state index in [9.17, 15) is 14.4 Å². The molecule has 0 aliphatic carbocycles. The fourth-order valence-electron chi connectivity index (χ4n) is 7.97. The van der Waals surface area contributed by atoms with Gasteiger partial charge in [-0.15, -0.1) is 0 Å². The number of carbonyl (C=O) groups excluding carboxylic acids is 3. The molecule has 0 spiro atoms. The predicted molar refractivity (Wildman–Crippen MR) is 320 cm³/mol. The Hall–Kier alpha value is -4.45. The predicted octanol–water partition coefficient (Wildman–Crippen LogP) is 20.6. The van der Waals surface area contributed by atoms with Crippen LogP contribution in [0.4, 0.5) is 0 Å². The van der Waals surface area contributed by atoms with Gasteiger partial charge in [0.15, 0.2) is 6.10 Å². The Morgan fingerprint density at radius 1 is 0.284 bits per heavy atom. The van der Waals surface area contributed by atoms with E-state index in [1.54, 1.807) is 0 Å². The molecule has 0 aliphatic heterocycles. The molecule has 1 unspecified atom stereocenters. The van der Waals surface area contributed by atoms with Crippen LogP contribution >= 0.6 is 0 Å². The summed E-state index contributed by atoms with van der Waals surface area (Å²) in [6.07, 6.45) is 86.2. The summed E-state index contributed by atoms with van der Waals surface area (Å²) in [6, 6.07) is 0. The van der Waals surface area contributed by atoms with Crippen LogP contribution in [0.1, 0.15) is 258 Å². The second-order valence-electron chi connectivity index (χ2n) is 19.5. The van der Waals surface area contributed by atoms with Gasteiger partial charge in [-0.3, -0.25) is 14.4 Å². The van der Waals surface area contributed by atoms with E-state index in [0.717, 1.165) is 116 Å². The Kier molecular flexibility index (Phi) is 57.4. The lowest BCUT2D eigenvalue weighted by Crippen LogP contribution is -2.30.